The molecule has 0 radical (unpaired) electrons. The molecule has 4 nitrogen and oxygen atoms in total. The Bertz CT molecular complexity index is 253. The van der Waals surface area contributed by atoms with Crippen molar-refractivity contribution >= 4 is 11.9 Å². The van der Waals surface area contributed by atoms with Gasteiger partial charge in [-0.1, -0.05) is 19.9 Å². The average Bonchev–Trinajstić information content (AvgIpc) is 2.16. The summed E-state index contributed by atoms with van der Waals surface area (Å²) in [5.74, 6) is -0.629. The summed E-state index contributed by atoms with van der Waals surface area (Å²) in [6.07, 6.45) is 4.01. The van der Waals surface area contributed by atoms with Crippen LogP contribution in [0, 0.1) is 5.41 Å². The van der Waals surface area contributed by atoms with Crippen LogP contribution >= 0.6 is 0 Å². The number of rotatable bonds is 5. The predicted molar refractivity (Wildman–Crippen MR) is 56.2 cm³/mol. The van der Waals surface area contributed by atoms with E-state index in [1.165, 1.54) is 20.3 Å². The van der Waals surface area contributed by atoms with Crippen LogP contribution in [0.2, 0.25) is 0 Å². The van der Waals surface area contributed by atoms with Crippen LogP contribution in [-0.4, -0.2) is 26.2 Å². The van der Waals surface area contributed by atoms with E-state index in [1.807, 2.05) is 13.8 Å². The Morgan fingerprint density at radius 1 is 1.20 bits per heavy atom. The van der Waals surface area contributed by atoms with E-state index in [1.54, 1.807) is 6.08 Å². The maximum absolute atomic E-state index is 11.0. The molecule has 0 aromatic rings. The van der Waals surface area contributed by atoms with Gasteiger partial charge in [0.1, 0.15) is 0 Å². The van der Waals surface area contributed by atoms with Gasteiger partial charge in [-0.3, -0.25) is 4.79 Å². The molecule has 0 aromatic carbocycles. The molecular weight excluding hydrogens is 196 g/mol. The van der Waals surface area contributed by atoms with Crippen LogP contribution in [0.1, 0.15) is 26.7 Å². The molecule has 0 aliphatic heterocycles. The van der Waals surface area contributed by atoms with Gasteiger partial charge in [-0.25, -0.2) is 4.79 Å². The smallest absolute Gasteiger partial charge is 0.330 e. The minimum atomic E-state index is -0.385. The minimum Gasteiger partial charge on any atom is -0.469 e. The van der Waals surface area contributed by atoms with Gasteiger partial charge in [-0.2, -0.15) is 0 Å². The maximum atomic E-state index is 11.0. The second-order valence-electron chi connectivity index (χ2n) is 4.05. The third-order valence-corrected chi connectivity index (χ3v) is 1.98. The summed E-state index contributed by atoms with van der Waals surface area (Å²) in [5.41, 5.74) is -0.211. The Labute approximate surface area is 90.2 Å². The monoisotopic (exact) mass is 214 g/mol. The second-order valence-corrected chi connectivity index (χ2v) is 4.05. The third-order valence-electron chi connectivity index (χ3n) is 1.98. The SMILES string of the molecule is COC(=O)/C=C/CC(C)(C)CC(=O)OC. The highest BCUT2D eigenvalue weighted by molar-refractivity contribution is 5.81. The summed E-state index contributed by atoms with van der Waals surface area (Å²) in [4.78, 5) is 21.8. The molecule has 0 aliphatic carbocycles. The molecule has 0 saturated heterocycles. The van der Waals surface area contributed by atoms with Crippen molar-refractivity contribution in [1.82, 2.24) is 0 Å². The first-order valence-corrected chi connectivity index (χ1v) is 4.72. The molecule has 0 atom stereocenters. The molecule has 86 valence electrons. The van der Waals surface area contributed by atoms with Crippen molar-refractivity contribution in [3.63, 3.8) is 0 Å². The van der Waals surface area contributed by atoms with E-state index in [9.17, 15) is 9.59 Å². The minimum absolute atomic E-state index is 0.211. The van der Waals surface area contributed by atoms with Crippen molar-refractivity contribution in [3.05, 3.63) is 12.2 Å². The first-order chi connectivity index (χ1) is 6.91. The fourth-order valence-corrected chi connectivity index (χ4v) is 1.08. The second kappa shape index (κ2) is 6.22. The number of methoxy groups -OCH3 is 2. The van der Waals surface area contributed by atoms with Crippen LogP contribution in [0.5, 0.6) is 0 Å². The molecule has 15 heavy (non-hydrogen) atoms. The highest BCUT2D eigenvalue weighted by Gasteiger charge is 2.20. The van der Waals surface area contributed by atoms with Gasteiger partial charge < -0.3 is 9.47 Å². The summed E-state index contributed by atoms with van der Waals surface area (Å²) in [6, 6.07) is 0. The molecule has 0 aliphatic rings. The van der Waals surface area contributed by atoms with Crippen LogP contribution in [0.25, 0.3) is 0 Å². The van der Waals surface area contributed by atoms with Gasteiger partial charge in [0, 0.05) is 6.08 Å². The first-order valence-electron chi connectivity index (χ1n) is 4.72. The zero-order chi connectivity index (χ0) is 11.9. The molecule has 0 fully saturated rings. The van der Waals surface area contributed by atoms with E-state index in [4.69, 9.17) is 0 Å². The van der Waals surface area contributed by atoms with Crippen LogP contribution < -0.4 is 0 Å². The normalized spacial score (nSPS) is 11.5. The maximum Gasteiger partial charge on any atom is 0.330 e. The number of allylic oxidation sites excluding steroid dienone is 1. The summed E-state index contributed by atoms with van der Waals surface area (Å²) < 4.78 is 9.03. The lowest BCUT2D eigenvalue weighted by Gasteiger charge is -2.20. The summed E-state index contributed by atoms with van der Waals surface area (Å²) in [5, 5.41) is 0. The number of esters is 2. The highest BCUT2D eigenvalue weighted by atomic mass is 16.5. The summed E-state index contributed by atoms with van der Waals surface area (Å²) >= 11 is 0. The largest absolute Gasteiger partial charge is 0.469 e. The van der Waals surface area contributed by atoms with Gasteiger partial charge >= 0.3 is 11.9 Å². The quantitative estimate of drug-likeness (QED) is 0.516. The fraction of sp³-hybridized carbons (Fsp3) is 0.636. The topological polar surface area (TPSA) is 52.6 Å². The number of hydrogen-bond acceptors (Lipinski definition) is 4. The van der Waals surface area contributed by atoms with E-state index in [0.29, 0.717) is 12.8 Å². The molecule has 4 heteroatoms. The van der Waals surface area contributed by atoms with Crippen molar-refractivity contribution < 1.29 is 19.1 Å². The lowest BCUT2D eigenvalue weighted by atomic mass is 9.85. The summed E-state index contributed by atoms with van der Waals surface area (Å²) in [6.45, 7) is 3.87. The standard InChI is InChI=1S/C11H18O4/c1-11(2,8-10(13)15-4)7-5-6-9(12)14-3/h5-6H,7-8H2,1-4H3/b6-5+. The molecule has 0 spiro atoms. The average molecular weight is 214 g/mol. The first kappa shape index (κ1) is 13.7. The van der Waals surface area contributed by atoms with Gasteiger partial charge in [0.15, 0.2) is 0 Å². The van der Waals surface area contributed by atoms with E-state index in [2.05, 4.69) is 9.47 Å². The van der Waals surface area contributed by atoms with E-state index < -0.39 is 0 Å². The van der Waals surface area contributed by atoms with Gasteiger partial charge in [0.2, 0.25) is 0 Å². The van der Waals surface area contributed by atoms with Crippen LogP contribution in [0.4, 0.5) is 0 Å². The molecule has 0 saturated carbocycles. The fourth-order valence-electron chi connectivity index (χ4n) is 1.08. The number of ether oxygens (including phenoxy) is 2. The van der Waals surface area contributed by atoms with E-state index >= 15 is 0 Å². The molecule has 0 rings (SSSR count). The van der Waals surface area contributed by atoms with Gasteiger partial charge in [0.25, 0.3) is 0 Å². The molecule has 0 N–H and O–H groups in total. The van der Waals surface area contributed by atoms with Gasteiger partial charge in [-0.15, -0.1) is 0 Å². The molecule has 0 bridgehead atoms. The van der Waals surface area contributed by atoms with Crippen LogP contribution in [-0.2, 0) is 19.1 Å². The summed E-state index contributed by atoms with van der Waals surface area (Å²) in [7, 11) is 2.69. The molecule has 0 amide bonds. The Kier molecular flexibility index (Phi) is 5.67. The Balaban J connectivity index is 4.09. The Morgan fingerprint density at radius 2 is 1.80 bits per heavy atom. The molecule has 0 unspecified atom stereocenters. The lowest BCUT2D eigenvalue weighted by Crippen LogP contribution is -2.17. The Hall–Kier alpha value is -1.32. The van der Waals surface area contributed by atoms with E-state index in [-0.39, 0.29) is 17.4 Å². The number of hydrogen-bond donors (Lipinski definition) is 0. The van der Waals surface area contributed by atoms with Crippen molar-refractivity contribution in [2.45, 2.75) is 26.7 Å². The zero-order valence-electron chi connectivity index (χ0n) is 9.70. The van der Waals surface area contributed by atoms with Crippen molar-refractivity contribution in [2.24, 2.45) is 5.41 Å². The van der Waals surface area contributed by atoms with Gasteiger partial charge in [-0.05, 0) is 11.8 Å². The molecular formula is C11H18O4. The number of carbonyl (C=O) groups is 2. The van der Waals surface area contributed by atoms with E-state index in [0.717, 1.165) is 0 Å². The van der Waals surface area contributed by atoms with Crippen molar-refractivity contribution in [3.8, 4) is 0 Å². The Morgan fingerprint density at radius 3 is 2.27 bits per heavy atom. The van der Waals surface area contributed by atoms with Crippen LogP contribution in [0.3, 0.4) is 0 Å². The van der Waals surface area contributed by atoms with Crippen molar-refractivity contribution in [2.75, 3.05) is 14.2 Å². The van der Waals surface area contributed by atoms with Gasteiger partial charge in [0.05, 0.1) is 20.6 Å². The van der Waals surface area contributed by atoms with Crippen molar-refractivity contribution in [1.29, 1.82) is 0 Å². The molecule has 0 heterocycles. The van der Waals surface area contributed by atoms with Crippen LogP contribution in [0.15, 0.2) is 12.2 Å². The third kappa shape index (κ3) is 6.71. The molecule has 0 aromatic heterocycles. The lowest BCUT2D eigenvalue weighted by molar-refractivity contribution is -0.142. The zero-order valence-corrected chi connectivity index (χ0v) is 9.70. The predicted octanol–water partition coefficient (Wildman–Crippen LogP) is 1.70. The number of carbonyl (C=O) groups excluding carboxylic acids is 2. The highest BCUT2D eigenvalue weighted by Crippen LogP contribution is 2.25.